The molecule has 3 heterocycles. The Morgan fingerprint density at radius 1 is 1.09 bits per heavy atom. The molecule has 0 aliphatic heterocycles. The summed E-state index contributed by atoms with van der Waals surface area (Å²) in [6.45, 7) is 0.0735. The first-order valence-corrected chi connectivity index (χ1v) is 7.64. The predicted octanol–water partition coefficient (Wildman–Crippen LogP) is 1.59. The molecule has 0 unspecified atom stereocenters. The lowest BCUT2D eigenvalue weighted by Gasteiger charge is -1.95. The van der Waals surface area contributed by atoms with Crippen molar-refractivity contribution in [1.82, 2.24) is 29.9 Å². The van der Waals surface area contributed by atoms with Crippen molar-refractivity contribution in [2.75, 3.05) is 0 Å². The Hall–Kier alpha value is -3.07. The van der Waals surface area contributed by atoms with E-state index >= 15 is 0 Å². The number of hydrogen-bond acceptors (Lipinski definition) is 7. The van der Waals surface area contributed by atoms with Gasteiger partial charge in [0.1, 0.15) is 6.54 Å². The van der Waals surface area contributed by atoms with Gasteiger partial charge in [-0.2, -0.15) is 14.3 Å². The molecule has 114 valence electrons. The van der Waals surface area contributed by atoms with Crippen LogP contribution in [0.25, 0.3) is 16.4 Å². The van der Waals surface area contributed by atoms with Crippen molar-refractivity contribution >= 4 is 11.3 Å². The number of para-hydroxylation sites is 1. The highest BCUT2D eigenvalue weighted by Crippen LogP contribution is 2.21. The van der Waals surface area contributed by atoms with Gasteiger partial charge in [-0.3, -0.25) is 0 Å². The van der Waals surface area contributed by atoms with E-state index in [1.54, 1.807) is 12.1 Å². The van der Waals surface area contributed by atoms with Crippen LogP contribution in [0.5, 0.6) is 0 Å². The van der Waals surface area contributed by atoms with Gasteiger partial charge in [-0.15, -0.1) is 11.3 Å². The van der Waals surface area contributed by atoms with Gasteiger partial charge in [-0.25, -0.2) is 4.79 Å². The SMILES string of the molecule is O=c1n(Cc2nc(-c3cccs3)no2)nnn1-c1ccccc1. The molecule has 9 heteroatoms. The third-order valence-corrected chi connectivity index (χ3v) is 4.00. The molecule has 3 aromatic heterocycles. The minimum atomic E-state index is -0.368. The summed E-state index contributed by atoms with van der Waals surface area (Å²) in [4.78, 5) is 17.5. The normalized spacial score (nSPS) is 11.0. The molecule has 0 bridgehead atoms. The lowest BCUT2D eigenvalue weighted by Crippen LogP contribution is -2.24. The van der Waals surface area contributed by atoms with Crippen molar-refractivity contribution in [2.24, 2.45) is 0 Å². The lowest BCUT2D eigenvalue weighted by atomic mass is 10.3. The molecule has 0 aliphatic rings. The summed E-state index contributed by atoms with van der Waals surface area (Å²) in [6, 6.07) is 12.9. The molecule has 0 amide bonds. The Balaban J connectivity index is 1.61. The molecule has 0 spiro atoms. The molecule has 4 rings (SSSR count). The third kappa shape index (κ3) is 2.57. The molecular formula is C14H10N6O2S. The van der Waals surface area contributed by atoms with E-state index in [-0.39, 0.29) is 12.2 Å². The fraction of sp³-hybridized carbons (Fsp3) is 0.0714. The van der Waals surface area contributed by atoms with Gasteiger partial charge in [0.25, 0.3) is 0 Å². The number of tetrazole rings is 1. The van der Waals surface area contributed by atoms with Crippen LogP contribution in [0.15, 0.2) is 57.2 Å². The number of thiophene rings is 1. The second-order valence-corrected chi connectivity index (χ2v) is 5.60. The molecule has 0 radical (unpaired) electrons. The average molecular weight is 326 g/mol. The first-order chi connectivity index (χ1) is 11.3. The van der Waals surface area contributed by atoms with Crippen LogP contribution in [0, 0.1) is 0 Å². The highest BCUT2D eigenvalue weighted by Gasteiger charge is 2.14. The standard InChI is InChI=1S/C14H10N6O2S/c21-14-19(17-18-20(14)10-5-2-1-3-6-10)9-12-15-13(16-22-12)11-7-4-8-23-11/h1-8H,9H2. The largest absolute Gasteiger partial charge is 0.368 e. The zero-order valence-corrected chi connectivity index (χ0v) is 12.6. The monoisotopic (exact) mass is 326 g/mol. The molecule has 0 aliphatic carbocycles. The van der Waals surface area contributed by atoms with E-state index in [9.17, 15) is 4.79 Å². The van der Waals surface area contributed by atoms with Crippen LogP contribution >= 0.6 is 11.3 Å². The van der Waals surface area contributed by atoms with Crippen molar-refractivity contribution in [3.8, 4) is 16.4 Å². The van der Waals surface area contributed by atoms with Gasteiger partial charge in [0.05, 0.1) is 10.6 Å². The van der Waals surface area contributed by atoms with E-state index < -0.39 is 0 Å². The lowest BCUT2D eigenvalue weighted by molar-refractivity contribution is 0.363. The van der Waals surface area contributed by atoms with Gasteiger partial charge in [-0.1, -0.05) is 29.4 Å². The van der Waals surface area contributed by atoms with Gasteiger partial charge in [-0.05, 0) is 34.0 Å². The van der Waals surface area contributed by atoms with Gasteiger partial charge in [0, 0.05) is 0 Å². The maximum absolute atomic E-state index is 12.3. The molecule has 0 N–H and O–H groups in total. The molecule has 4 aromatic rings. The van der Waals surface area contributed by atoms with Gasteiger partial charge < -0.3 is 4.52 Å². The summed E-state index contributed by atoms with van der Waals surface area (Å²) in [5.41, 5.74) is 0.278. The summed E-state index contributed by atoms with van der Waals surface area (Å²) in [5, 5.41) is 13.6. The van der Waals surface area contributed by atoms with Crippen LogP contribution in [0.3, 0.4) is 0 Å². The summed E-state index contributed by atoms with van der Waals surface area (Å²) < 4.78 is 7.57. The van der Waals surface area contributed by atoms with E-state index in [0.717, 1.165) is 4.88 Å². The maximum atomic E-state index is 12.3. The third-order valence-electron chi connectivity index (χ3n) is 3.13. The summed E-state index contributed by atoms with van der Waals surface area (Å²) >= 11 is 1.51. The molecule has 0 fully saturated rings. The maximum Gasteiger partial charge on any atom is 0.368 e. The zero-order chi connectivity index (χ0) is 15.6. The second kappa shape index (κ2) is 5.61. The molecule has 0 atom stereocenters. The molecule has 1 aromatic carbocycles. The van der Waals surface area contributed by atoms with Crippen LogP contribution in [0.2, 0.25) is 0 Å². The first kappa shape index (κ1) is 13.6. The first-order valence-electron chi connectivity index (χ1n) is 6.76. The van der Waals surface area contributed by atoms with Crippen molar-refractivity contribution in [3.05, 3.63) is 64.2 Å². The van der Waals surface area contributed by atoms with Gasteiger partial charge >= 0.3 is 5.69 Å². The van der Waals surface area contributed by atoms with Crippen LogP contribution in [-0.2, 0) is 6.54 Å². The summed E-state index contributed by atoms with van der Waals surface area (Å²) in [6.07, 6.45) is 0. The summed E-state index contributed by atoms with van der Waals surface area (Å²) in [7, 11) is 0. The number of nitrogens with zero attached hydrogens (tertiary/aromatic N) is 6. The van der Waals surface area contributed by atoms with E-state index in [2.05, 4.69) is 20.6 Å². The van der Waals surface area contributed by atoms with E-state index in [0.29, 0.717) is 17.4 Å². The van der Waals surface area contributed by atoms with E-state index in [1.807, 2.05) is 35.7 Å². The second-order valence-electron chi connectivity index (χ2n) is 4.66. The quantitative estimate of drug-likeness (QED) is 0.565. The molecule has 0 saturated heterocycles. The van der Waals surface area contributed by atoms with Crippen LogP contribution in [-0.4, -0.2) is 29.9 Å². The fourth-order valence-corrected chi connectivity index (χ4v) is 2.71. The zero-order valence-electron chi connectivity index (χ0n) is 11.7. The Morgan fingerprint density at radius 3 is 2.74 bits per heavy atom. The Bertz CT molecular complexity index is 970. The van der Waals surface area contributed by atoms with Crippen LogP contribution in [0.1, 0.15) is 5.89 Å². The minimum Gasteiger partial charge on any atom is -0.337 e. The highest BCUT2D eigenvalue weighted by molar-refractivity contribution is 7.13. The van der Waals surface area contributed by atoms with Gasteiger partial charge in [0.15, 0.2) is 0 Å². The van der Waals surface area contributed by atoms with Crippen molar-refractivity contribution in [1.29, 1.82) is 0 Å². The molecule has 8 nitrogen and oxygen atoms in total. The fourth-order valence-electron chi connectivity index (χ4n) is 2.06. The van der Waals surface area contributed by atoms with Crippen molar-refractivity contribution < 1.29 is 4.52 Å². The summed E-state index contributed by atoms with van der Waals surface area (Å²) in [5.74, 6) is 0.800. The number of benzene rings is 1. The van der Waals surface area contributed by atoms with Crippen LogP contribution < -0.4 is 5.69 Å². The molecule has 0 saturated carbocycles. The van der Waals surface area contributed by atoms with E-state index in [4.69, 9.17) is 4.52 Å². The van der Waals surface area contributed by atoms with Crippen LogP contribution in [0.4, 0.5) is 0 Å². The highest BCUT2D eigenvalue weighted by atomic mass is 32.1. The number of rotatable bonds is 4. The van der Waals surface area contributed by atoms with Crippen molar-refractivity contribution in [3.63, 3.8) is 0 Å². The van der Waals surface area contributed by atoms with E-state index in [1.165, 1.54) is 20.7 Å². The molecule has 23 heavy (non-hydrogen) atoms. The number of hydrogen-bond donors (Lipinski definition) is 0. The molecular weight excluding hydrogens is 316 g/mol. The Kier molecular flexibility index (Phi) is 3.31. The minimum absolute atomic E-state index is 0.0735. The topological polar surface area (TPSA) is 91.6 Å². The smallest absolute Gasteiger partial charge is 0.337 e. The van der Waals surface area contributed by atoms with Gasteiger partial charge in [0.2, 0.25) is 11.7 Å². The van der Waals surface area contributed by atoms with Crippen molar-refractivity contribution in [2.45, 2.75) is 6.54 Å². The number of aromatic nitrogens is 6. The Labute approximate surface area is 133 Å². The average Bonchev–Trinajstić information content (AvgIpc) is 3.31. The predicted molar refractivity (Wildman–Crippen MR) is 82.3 cm³/mol. The Morgan fingerprint density at radius 2 is 1.96 bits per heavy atom.